The highest BCUT2D eigenvalue weighted by Crippen LogP contribution is 2.34. The van der Waals surface area contributed by atoms with E-state index < -0.39 is 6.04 Å². The molecule has 1 aromatic carbocycles. The lowest BCUT2D eigenvalue weighted by Gasteiger charge is -2.36. The zero-order valence-electron chi connectivity index (χ0n) is 16.6. The fraction of sp³-hybridized carbons (Fsp3) is 0.550. The van der Waals surface area contributed by atoms with Crippen LogP contribution in [0.15, 0.2) is 18.2 Å². The van der Waals surface area contributed by atoms with Crippen LogP contribution in [0.1, 0.15) is 32.3 Å². The Labute approximate surface area is 164 Å². The van der Waals surface area contributed by atoms with Gasteiger partial charge in [0.15, 0.2) is 6.61 Å². The average molecular weight is 389 g/mol. The van der Waals surface area contributed by atoms with E-state index in [0.717, 1.165) is 5.56 Å². The number of rotatable bonds is 4. The molecule has 3 rings (SSSR count). The second-order valence-corrected chi connectivity index (χ2v) is 7.17. The standard InChI is InChI=1S/C20H27N3O5/c1-4-27-20(26)22-9-7-15(8-10-22)21-19(25)14(3)23-16-11-13(2)5-6-17(16)28-12-18(23)24/h5-6,11,14-15H,4,7-10,12H2,1-3H3,(H,21,25). The van der Waals surface area contributed by atoms with E-state index >= 15 is 0 Å². The first kappa shape index (κ1) is 20.0. The topological polar surface area (TPSA) is 88.2 Å². The summed E-state index contributed by atoms with van der Waals surface area (Å²) in [6, 6.07) is 4.90. The van der Waals surface area contributed by atoms with Crippen molar-refractivity contribution in [1.29, 1.82) is 0 Å². The summed E-state index contributed by atoms with van der Waals surface area (Å²) in [5.74, 6) is 0.155. The zero-order chi connectivity index (χ0) is 20.3. The molecule has 0 aromatic heterocycles. The van der Waals surface area contributed by atoms with Crippen molar-refractivity contribution in [3.05, 3.63) is 23.8 Å². The van der Waals surface area contributed by atoms with Crippen molar-refractivity contribution in [2.24, 2.45) is 0 Å². The fourth-order valence-corrected chi connectivity index (χ4v) is 3.57. The van der Waals surface area contributed by atoms with Crippen LogP contribution in [0.3, 0.4) is 0 Å². The van der Waals surface area contributed by atoms with Crippen LogP contribution < -0.4 is 15.0 Å². The van der Waals surface area contributed by atoms with Gasteiger partial charge in [-0.15, -0.1) is 0 Å². The molecule has 8 heteroatoms. The summed E-state index contributed by atoms with van der Waals surface area (Å²) in [7, 11) is 0. The van der Waals surface area contributed by atoms with Crippen LogP contribution in [0.25, 0.3) is 0 Å². The highest BCUT2D eigenvalue weighted by molar-refractivity contribution is 6.03. The molecule has 1 aromatic rings. The highest BCUT2D eigenvalue weighted by atomic mass is 16.6. The minimum atomic E-state index is -0.653. The minimum absolute atomic E-state index is 0.0336. The van der Waals surface area contributed by atoms with E-state index in [-0.39, 0.29) is 30.6 Å². The van der Waals surface area contributed by atoms with Crippen LogP contribution in [-0.2, 0) is 14.3 Å². The monoisotopic (exact) mass is 389 g/mol. The molecule has 0 spiro atoms. The van der Waals surface area contributed by atoms with Crippen LogP contribution >= 0.6 is 0 Å². The number of carbonyl (C=O) groups excluding carboxylic acids is 3. The number of fused-ring (bicyclic) bond motifs is 1. The largest absolute Gasteiger partial charge is 0.482 e. The summed E-state index contributed by atoms with van der Waals surface area (Å²) in [6.45, 7) is 6.78. The molecule has 28 heavy (non-hydrogen) atoms. The molecule has 1 unspecified atom stereocenters. The molecule has 1 fully saturated rings. The van der Waals surface area contributed by atoms with Crippen molar-refractivity contribution in [2.75, 3.05) is 31.2 Å². The normalized spacial score (nSPS) is 18.2. The van der Waals surface area contributed by atoms with E-state index in [4.69, 9.17) is 9.47 Å². The van der Waals surface area contributed by atoms with Gasteiger partial charge in [0.1, 0.15) is 11.8 Å². The molecular weight excluding hydrogens is 362 g/mol. The van der Waals surface area contributed by atoms with Crippen LogP contribution in [-0.4, -0.2) is 61.2 Å². The first-order chi connectivity index (χ1) is 13.4. The maximum absolute atomic E-state index is 12.8. The molecule has 8 nitrogen and oxygen atoms in total. The number of piperidine rings is 1. The third-order valence-electron chi connectivity index (χ3n) is 5.13. The van der Waals surface area contributed by atoms with Crippen LogP contribution in [0.4, 0.5) is 10.5 Å². The summed E-state index contributed by atoms with van der Waals surface area (Å²) in [5.41, 5.74) is 1.61. The number of likely N-dealkylation sites (tertiary alicyclic amines) is 1. The molecule has 2 aliphatic rings. The number of hydrogen-bond donors (Lipinski definition) is 1. The Bertz CT molecular complexity index is 758. The van der Waals surface area contributed by atoms with Crippen molar-refractivity contribution in [3.8, 4) is 5.75 Å². The van der Waals surface area contributed by atoms with Gasteiger partial charge in [0, 0.05) is 19.1 Å². The van der Waals surface area contributed by atoms with Gasteiger partial charge in [-0.2, -0.15) is 0 Å². The number of amides is 3. The molecule has 0 bridgehead atoms. The van der Waals surface area contributed by atoms with E-state index in [1.807, 2.05) is 25.1 Å². The van der Waals surface area contributed by atoms with Gasteiger partial charge in [-0.05, 0) is 51.3 Å². The molecule has 0 aliphatic carbocycles. The molecular formula is C20H27N3O5. The van der Waals surface area contributed by atoms with Crippen molar-refractivity contribution < 1.29 is 23.9 Å². The Morgan fingerprint density at radius 2 is 2.04 bits per heavy atom. The van der Waals surface area contributed by atoms with Crippen molar-refractivity contribution >= 4 is 23.6 Å². The average Bonchev–Trinajstić information content (AvgIpc) is 2.68. The first-order valence-electron chi connectivity index (χ1n) is 9.68. The molecule has 152 valence electrons. The van der Waals surface area contributed by atoms with Gasteiger partial charge in [-0.3, -0.25) is 14.5 Å². The third-order valence-corrected chi connectivity index (χ3v) is 5.13. The lowest BCUT2D eigenvalue weighted by atomic mass is 10.0. The Morgan fingerprint density at radius 3 is 2.71 bits per heavy atom. The van der Waals surface area contributed by atoms with E-state index in [9.17, 15) is 14.4 Å². The summed E-state index contributed by atoms with van der Waals surface area (Å²) in [6.07, 6.45) is 1.00. The molecule has 1 atom stereocenters. The van der Waals surface area contributed by atoms with E-state index in [0.29, 0.717) is 44.0 Å². The van der Waals surface area contributed by atoms with Crippen LogP contribution in [0.5, 0.6) is 5.75 Å². The number of ether oxygens (including phenoxy) is 2. The molecule has 2 heterocycles. The molecule has 0 saturated carbocycles. The number of aryl methyl sites for hydroxylation is 1. The maximum Gasteiger partial charge on any atom is 0.409 e. The van der Waals surface area contributed by atoms with E-state index in [2.05, 4.69) is 5.32 Å². The third kappa shape index (κ3) is 4.21. The fourth-order valence-electron chi connectivity index (χ4n) is 3.57. The Morgan fingerprint density at radius 1 is 1.32 bits per heavy atom. The second-order valence-electron chi connectivity index (χ2n) is 7.17. The number of nitrogens with zero attached hydrogens (tertiary/aromatic N) is 2. The summed E-state index contributed by atoms with van der Waals surface area (Å²) >= 11 is 0. The Hall–Kier alpha value is -2.77. The lowest BCUT2D eigenvalue weighted by Crippen LogP contribution is -2.54. The quantitative estimate of drug-likeness (QED) is 0.849. The molecule has 0 radical (unpaired) electrons. The predicted molar refractivity (Wildman–Crippen MR) is 103 cm³/mol. The Balaban J connectivity index is 1.62. The molecule has 2 aliphatic heterocycles. The molecule has 3 amide bonds. The van der Waals surface area contributed by atoms with Gasteiger partial charge >= 0.3 is 6.09 Å². The van der Waals surface area contributed by atoms with Gasteiger partial charge in [0.2, 0.25) is 5.91 Å². The van der Waals surface area contributed by atoms with Crippen molar-refractivity contribution in [3.63, 3.8) is 0 Å². The predicted octanol–water partition coefficient (Wildman–Crippen LogP) is 1.85. The number of carbonyl (C=O) groups is 3. The maximum atomic E-state index is 12.8. The summed E-state index contributed by atoms with van der Waals surface area (Å²) < 4.78 is 10.5. The SMILES string of the molecule is CCOC(=O)N1CCC(NC(=O)C(C)N2C(=O)COc3ccc(C)cc32)CC1. The summed E-state index contributed by atoms with van der Waals surface area (Å²) in [5, 5.41) is 3.02. The van der Waals surface area contributed by atoms with E-state index in [1.54, 1.807) is 18.7 Å². The van der Waals surface area contributed by atoms with Crippen LogP contribution in [0.2, 0.25) is 0 Å². The summed E-state index contributed by atoms with van der Waals surface area (Å²) in [4.78, 5) is 40.2. The number of anilines is 1. The smallest absolute Gasteiger partial charge is 0.409 e. The van der Waals surface area contributed by atoms with Gasteiger partial charge in [-0.25, -0.2) is 4.79 Å². The zero-order valence-corrected chi connectivity index (χ0v) is 16.6. The van der Waals surface area contributed by atoms with Crippen molar-refractivity contribution in [1.82, 2.24) is 10.2 Å². The molecule has 1 saturated heterocycles. The second kappa shape index (κ2) is 8.50. The number of nitrogens with one attached hydrogen (secondary N) is 1. The van der Waals surface area contributed by atoms with Gasteiger partial charge < -0.3 is 19.7 Å². The minimum Gasteiger partial charge on any atom is -0.482 e. The number of benzene rings is 1. The van der Waals surface area contributed by atoms with Gasteiger partial charge in [-0.1, -0.05) is 6.07 Å². The van der Waals surface area contributed by atoms with E-state index in [1.165, 1.54) is 4.90 Å². The van der Waals surface area contributed by atoms with Gasteiger partial charge in [0.25, 0.3) is 5.91 Å². The number of hydrogen-bond acceptors (Lipinski definition) is 5. The highest BCUT2D eigenvalue weighted by Gasteiger charge is 2.34. The van der Waals surface area contributed by atoms with Gasteiger partial charge in [0.05, 0.1) is 12.3 Å². The van der Waals surface area contributed by atoms with Crippen LogP contribution in [0, 0.1) is 6.92 Å². The first-order valence-corrected chi connectivity index (χ1v) is 9.68. The van der Waals surface area contributed by atoms with Crippen molar-refractivity contribution in [2.45, 2.75) is 45.7 Å². The lowest BCUT2D eigenvalue weighted by molar-refractivity contribution is -0.128. The molecule has 1 N–H and O–H groups in total. The Kier molecular flexibility index (Phi) is 6.06.